The number of hydrogen-bond donors (Lipinski definition) is 1. The van der Waals surface area contributed by atoms with Crippen LogP contribution >= 0.6 is 11.3 Å². The maximum Gasteiger partial charge on any atom is 0.345 e. The van der Waals surface area contributed by atoms with Crippen molar-refractivity contribution in [2.24, 2.45) is 5.92 Å². The first-order chi connectivity index (χ1) is 7.04. The number of carboxylic acid groups (broad SMARTS) is 1. The molecule has 1 rings (SSSR count). The number of hydrogen-bond acceptors (Lipinski definition) is 4. The molecule has 0 fully saturated rings. The standard InChI is InChI=1S/C10H12O4S/c1-6(10(13)14-2)5-7-3-4-8(15-7)9(11)12/h3-4,6H,5H2,1-2H3,(H,11,12). The molecule has 5 heteroatoms. The Labute approximate surface area is 91.5 Å². The Hall–Kier alpha value is -1.36. The molecule has 4 nitrogen and oxygen atoms in total. The van der Waals surface area contributed by atoms with Crippen LogP contribution in [0.25, 0.3) is 0 Å². The number of carbonyl (C=O) groups is 2. The topological polar surface area (TPSA) is 63.6 Å². The van der Waals surface area contributed by atoms with Crippen molar-refractivity contribution in [2.45, 2.75) is 13.3 Å². The second-order valence-corrected chi connectivity index (χ2v) is 4.37. The molecular formula is C10H12O4S. The molecule has 0 radical (unpaired) electrons. The fourth-order valence-corrected chi connectivity index (χ4v) is 2.16. The van der Waals surface area contributed by atoms with Gasteiger partial charge in [0.2, 0.25) is 0 Å². The molecule has 0 aliphatic heterocycles. The third-order valence-corrected chi connectivity index (χ3v) is 3.08. The molecule has 0 spiro atoms. The Kier molecular flexibility index (Phi) is 3.85. The van der Waals surface area contributed by atoms with Gasteiger partial charge in [-0.25, -0.2) is 4.79 Å². The smallest absolute Gasteiger partial charge is 0.345 e. The molecule has 15 heavy (non-hydrogen) atoms. The van der Waals surface area contributed by atoms with E-state index >= 15 is 0 Å². The van der Waals surface area contributed by atoms with Crippen molar-refractivity contribution in [1.29, 1.82) is 0 Å². The van der Waals surface area contributed by atoms with Crippen molar-refractivity contribution in [3.8, 4) is 0 Å². The lowest BCUT2D eigenvalue weighted by molar-refractivity contribution is -0.144. The molecule has 0 aliphatic rings. The molecular weight excluding hydrogens is 216 g/mol. The highest BCUT2D eigenvalue weighted by Gasteiger charge is 2.15. The van der Waals surface area contributed by atoms with E-state index in [9.17, 15) is 9.59 Å². The number of carboxylic acids is 1. The Balaban J connectivity index is 2.65. The minimum absolute atomic E-state index is 0.240. The summed E-state index contributed by atoms with van der Waals surface area (Å²) in [5.41, 5.74) is 0. The van der Waals surface area contributed by atoms with Crippen molar-refractivity contribution < 1.29 is 19.4 Å². The van der Waals surface area contributed by atoms with Crippen molar-refractivity contribution in [2.75, 3.05) is 7.11 Å². The van der Waals surface area contributed by atoms with Crippen LogP contribution in [0.4, 0.5) is 0 Å². The average molecular weight is 228 g/mol. The quantitative estimate of drug-likeness (QED) is 0.798. The molecule has 0 amide bonds. The van der Waals surface area contributed by atoms with Gasteiger partial charge in [0.15, 0.2) is 0 Å². The summed E-state index contributed by atoms with van der Waals surface area (Å²) in [5.74, 6) is -1.45. The molecule has 82 valence electrons. The van der Waals surface area contributed by atoms with Gasteiger partial charge in [-0.05, 0) is 18.6 Å². The molecule has 0 saturated heterocycles. The number of methoxy groups -OCH3 is 1. The highest BCUT2D eigenvalue weighted by Crippen LogP contribution is 2.20. The molecule has 0 saturated carbocycles. The van der Waals surface area contributed by atoms with Gasteiger partial charge in [0.1, 0.15) is 4.88 Å². The normalized spacial score (nSPS) is 12.1. The summed E-state index contributed by atoms with van der Waals surface area (Å²) in [4.78, 5) is 22.9. The van der Waals surface area contributed by atoms with Crippen molar-refractivity contribution >= 4 is 23.3 Å². The van der Waals surface area contributed by atoms with Crippen LogP contribution in [0.3, 0.4) is 0 Å². The van der Waals surface area contributed by atoms with E-state index < -0.39 is 5.97 Å². The monoisotopic (exact) mass is 228 g/mol. The van der Waals surface area contributed by atoms with E-state index in [1.165, 1.54) is 18.4 Å². The molecule has 0 aromatic carbocycles. The van der Waals surface area contributed by atoms with Crippen LogP contribution in [-0.2, 0) is 16.0 Å². The number of thiophene rings is 1. The summed E-state index contributed by atoms with van der Waals surface area (Å²) < 4.78 is 4.59. The Morgan fingerprint density at radius 3 is 2.67 bits per heavy atom. The molecule has 1 aromatic rings. The summed E-state index contributed by atoms with van der Waals surface area (Å²) in [6.07, 6.45) is 0.518. The number of rotatable bonds is 4. The van der Waals surface area contributed by atoms with E-state index in [0.717, 1.165) is 4.88 Å². The lowest BCUT2D eigenvalue weighted by atomic mass is 10.1. The van der Waals surface area contributed by atoms with E-state index in [-0.39, 0.29) is 11.9 Å². The molecule has 1 unspecified atom stereocenters. The van der Waals surface area contributed by atoms with Crippen molar-refractivity contribution in [3.05, 3.63) is 21.9 Å². The van der Waals surface area contributed by atoms with Crippen molar-refractivity contribution in [3.63, 3.8) is 0 Å². The van der Waals surface area contributed by atoms with E-state index in [0.29, 0.717) is 11.3 Å². The van der Waals surface area contributed by atoms with Crippen LogP contribution in [-0.4, -0.2) is 24.2 Å². The van der Waals surface area contributed by atoms with Gasteiger partial charge in [-0.2, -0.15) is 0 Å². The lowest BCUT2D eigenvalue weighted by Crippen LogP contribution is -2.14. The average Bonchev–Trinajstić information content (AvgIpc) is 2.65. The third-order valence-electron chi connectivity index (χ3n) is 1.98. The van der Waals surface area contributed by atoms with Gasteiger partial charge < -0.3 is 9.84 Å². The van der Waals surface area contributed by atoms with E-state index in [4.69, 9.17) is 5.11 Å². The number of esters is 1. The molecule has 0 bridgehead atoms. The number of ether oxygens (including phenoxy) is 1. The first-order valence-electron chi connectivity index (χ1n) is 4.44. The SMILES string of the molecule is COC(=O)C(C)Cc1ccc(C(=O)O)s1. The van der Waals surface area contributed by atoms with Crippen LogP contribution in [0.2, 0.25) is 0 Å². The van der Waals surface area contributed by atoms with Crippen molar-refractivity contribution in [1.82, 2.24) is 0 Å². The largest absolute Gasteiger partial charge is 0.477 e. The van der Waals surface area contributed by atoms with Gasteiger partial charge in [-0.15, -0.1) is 11.3 Å². The van der Waals surface area contributed by atoms with Gasteiger partial charge in [-0.3, -0.25) is 4.79 Å². The molecule has 1 aromatic heterocycles. The van der Waals surface area contributed by atoms with Gasteiger partial charge in [0.25, 0.3) is 0 Å². The lowest BCUT2D eigenvalue weighted by Gasteiger charge is -2.06. The number of carbonyl (C=O) groups excluding carboxylic acids is 1. The first-order valence-corrected chi connectivity index (χ1v) is 5.26. The van der Waals surface area contributed by atoms with Crippen LogP contribution in [0.5, 0.6) is 0 Å². The first kappa shape index (κ1) is 11.7. The maximum absolute atomic E-state index is 11.1. The molecule has 1 heterocycles. The van der Waals surface area contributed by atoms with Gasteiger partial charge in [-0.1, -0.05) is 6.92 Å². The zero-order chi connectivity index (χ0) is 11.4. The Morgan fingerprint density at radius 1 is 1.53 bits per heavy atom. The third kappa shape index (κ3) is 3.06. The predicted molar refractivity (Wildman–Crippen MR) is 56.2 cm³/mol. The molecule has 1 atom stereocenters. The minimum Gasteiger partial charge on any atom is -0.477 e. The highest BCUT2D eigenvalue weighted by molar-refractivity contribution is 7.13. The Bertz CT molecular complexity index is 369. The fraction of sp³-hybridized carbons (Fsp3) is 0.400. The van der Waals surface area contributed by atoms with E-state index in [1.54, 1.807) is 19.1 Å². The van der Waals surface area contributed by atoms with Crippen LogP contribution in [0, 0.1) is 5.92 Å². The second-order valence-electron chi connectivity index (χ2n) is 3.20. The van der Waals surface area contributed by atoms with E-state index in [2.05, 4.69) is 4.74 Å². The zero-order valence-electron chi connectivity index (χ0n) is 8.52. The highest BCUT2D eigenvalue weighted by atomic mass is 32.1. The minimum atomic E-state index is -0.933. The van der Waals surface area contributed by atoms with E-state index in [1.807, 2.05) is 0 Å². The predicted octanol–water partition coefficient (Wildman–Crippen LogP) is 1.80. The van der Waals surface area contributed by atoms with Gasteiger partial charge >= 0.3 is 11.9 Å². The summed E-state index contributed by atoms with van der Waals surface area (Å²) in [7, 11) is 1.34. The van der Waals surface area contributed by atoms with Crippen LogP contribution in [0.15, 0.2) is 12.1 Å². The molecule has 0 aliphatic carbocycles. The summed E-state index contributed by atoms with van der Waals surface area (Å²) in [5, 5.41) is 8.71. The summed E-state index contributed by atoms with van der Waals surface area (Å²) >= 11 is 1.19. The maximum atomic E-state index is 11.1. The van der Waals surface area contributed by atoms with Gasteiger partial charge in [0, 0.05) is 4.88 Å². The summed E-state index contributed by atoms with van der Waals surface area (Å²) in [6, 6.07) is 3.28. The van der Waals surface area contributed by atoms with Crippen LogP contribution < -0.4 is 0 Å². The fourth-order valence-electron chi connectivity index (χ4n) is 1.19. The Morgan fingerprint density at radius 2 is 2.20 bits per heavy atom. The van der Waals surface area contributed by atoms with Crippen LogP contribution in [0.1, 0.15) is 21.5 Å². The molecule has 1 N–H and O–H groups in total. The number of aromatic carboxylic acids is 1. The summed E-state index contributed by atoms with van der Waals surface area (Å²) in [6.45, 7) is 1.76. The second kappa shape index (κ2) is 4.93. The zero-order valence-corrected chi connectivity index (χ0v) is 9.34. The van der Waals surface area contributed by atoms with Gasteiger partial charge in [0.05, 0.1) is 13.0 Å².